The van der Waals surface area contributed by atoms with Crippen molar-refractivity contribution in [1.29, 1.82) is 0 Å². The molecule has 0 aliphatic carbocycles. The zero-order valence-corrected chi connectivity index (χ0v) is 17.8. The van der Waals surface area contributed by atoms with Crippen LogP contribution in [0.25, 0.3) is 0 Å². The van der Waals surface area contributed by atoms with E-state index >= 15 is 0 Å². The molecule has 0 aromatic heterocycles. The largest absolute Gasteiger partial charge is 0.481 e. The fourth-order valence-corrected chi connectivity index (χ4v) is 3.22. The first-order valence-corrected chi connectivity index (χ1v) is 10.3. The summed E-state index contributed by atoms with van der Waals surface area (Å²) >= 11 is 0. The van der Waals surface area contributed by atoms with Crippen LogP contribution in [-0.4, -0.2) is 78.3 Å². The molecule has 16 nitrogen and oxygen atoms in total. The molecule has 0 aromatic rings. The fraction of sp³-hybridized carbons (Fsp3) is 0.706. The SMILES string of the molecule is O=C(O)C1CCCCCN(C(=O)O)NNN(C(=O)O)NNC(C(=O)O)CCC(C(=O)O)CC1. The zero-order chi connectivity index (χ0) is 25.0. The molecule has 3 unspecified atom stereocenters. The van der Waals surface area contributed by atoms with Gasteiger partial charge in [0.2, 0.25) is 0 Å². The van der Waals surface area contributed by atoms with Crippen LogP contribution in [0.3, 0.4) is 0 Å². The Labute approximate surface area is 188 Å². The summed E-state index contributed by atoms with van der Waals surface area (Å²) in [5, 5.41) is 47.6. The normalized spacial score (nSPS) is 24.8. The van der Waals surface area contributed by atoms with E-state index in [1.165, 1.54) is 0 Å². The second-order valence-corrected chi connectivity index (χ2v) is 7.50. The molecule has 2 amide bonds. The maximum atomic E-state index is 11.6. The van der Waals surface area contributed by atoms with Crippen LogP contribution in [0.2, 0.25) is 0 Å². The third-order valence-electron chi connectivity index (χ3n) is 5.17. The van der Waals surface area contributed by atoms with Crippen LogP contribution >= 0.6 is 0 Å². The Kier molecular flexibility index (Phi) is 11.8. The molecule has 1 aliphatic heterocycles. The van der Waals surface area contributed by atoms with E-state index in [9.17, 15) is 49.5 Å². The topological polar surface area (TPSA) is 241 Å². The number of rotatable bonds is 3. The van der Waals surface area contributed by atoms with E-state index in [-0.39, 0.29) is 43.8 Å². The quantitative estimate of drug-likeness (QED) is 0.257. The number of hydrogen-bond donors (Lipinski definition) is 9. The van der Waals surface area contributed by atoms with Crippen LogP contribution in [0.5, 0.6) is 0 Å². The van der Waals surface area contributed by atoms with Gasteiger partial charge in [0.1, 0.15) is 6.04 Å². The van der Waals surface area contributed by atoms with Crippen molar-refractivity contribution < 1.29 is 49.5 Å². The number of hydrazine groups is 5. The number of carbonyl (C=O) groups is 5. The molecule has 0 radical (unpaired) electrons. The summed E-state index contributed by atoms with van der Waals surface area (Å²) in [5.74, 6) is -5.39. The summed E-state index contributed by atoms with van der Waals surface area (Å²) in [6, 6.07) is -1.40. The lowest BCUT2D eigenvalue weighted by Crippen LogP contribution is -2.66. The van der Waals surface area contributed by atoms with Crippen molar-refractivity contribution in [3.8, 4) is 0 Å². The lowest BCUT2D eigenvalue weighted by Gasteiger charge is -2.27. The van der Waals surface area contributed by atoms with Crippen molar-refractivity contribution in [3.63, 3.8) is 0 Å². The van der Waals surface area contributed by atoms with Crippen LogP contribution in [0.4, 0.5) is 9.59 Å². The van der Waals surface area contributed by atoms with Crippen molar-refractivity contribution in [1.82, 2.24) is 32.2 Å². The maximum Gasteiger partial charge on any atom is 0.439 e. The molecular weight excluding hydrogens is 448 g/mol. The highest BCUT2D eigenvalue weighted by Gasteiger charge is 2.27. The van der Waals surface area contributed by atoms with Gasteiger partial charge in [-0.3, -0.25) is 14.4 Å². The molecule has 0 spiro atoms. The molecular formula is C17H30N6O10. The van der Waals surface area contributed by atoms with Crippen molar-refractivity contribution in [2.24, 2.45) is 11.8 Å². The molecule has 16 heteroatoms. The number of carboxylic acids is 3. The van der Waals surface area contributed by atoms with Crippen molar-refractivity contribution in [2.45, 2.75) is 57.4 Å². The van der Waals surface area contributed by atoms with Crippen LogP contribution in [-0.2, 0) is 14.4 Å². The molecule has 1 fully saturated rings. The number of amides is 2. The van der Waals surface area contributed by atoms with E-state index in [0.29, 0.717) is 24.3 Å². The minimum absolute atomic E-state index is 0.0333. The predicted molar refractivity (Wildman–Crippen MR) is 108 cm³/mol. The van der Waals surface area contributed by atoms with E-state index in [2.05, 4.69) is 22.0 Å². The molecule has 1 saturated heterocycles. The maximum absolute atomic E-state index is 11.6. The Morgan fingerprint density at radius 3 is 1.70 bits per heavy atom. The second kappa shape index (κ2) is 14.0. The Morgan fingerprint density at radius 2 is 1.18 bits per heavy atom. The molecule has 1 rings (SSSR count). The summed E-state index contributed by atoms with van der Waals surface area (Å²) in [6.07, 6.45) is -1.67. The van der Waals surface area contributed by atoms with Gasteiger partial charge in [-0.1, -0.05) is 12.8 Å². The van der Waals surface area contributed by atoms with Crippen molar-refractivity contribution in [2.75, 3.05) is 6.54 Å². The van der Waals surface area contributed by atoms with Gasteiger partial charge in [0.05, 0.1) is 11.8 Å². The average molecular weight is 478 g/mol. The molecule has 1 heterocycles. The molecule has 0 saturated carbocycles. The molecule has 0 bridgehead atoms. The van der Waals surface area contributed by atoms with Crippen LogP contribution in [0.1, 0.15) is 51.4 Å². The third-order valence-corrected chi connectivity index (χ3v) is 5.17. The molecule has 9 N–H and O–H groups in total. The number of hydrogen-bond acceptors (Lipinski definition) is 9. The van der Waals surface area contributed by atoms with E-state index in [1.807, 2.05) is 0 Å². The van der Waals surface area contributed by atoms with E-state index in [1.54, 1.807) is 0 Å². The van der Waals surface area contributed by atoms with Crippen LogP contribution < -0.4 is 22.0 Å². The smallest absolute Gasteiger partial charge is 0.439 e. The summed E-state index contributed by atoms with van der Waals surface area (Å²) in [5.41, 5.74) is 8.50. The van der Waals surface area contributed by atoms with Gasteiger partial charge >= 0.3 is 30.1 Å². The monoisotopic (exact) mass is 478 g/mol. The van der Waals surface area contributed by atoms with E-state index < -0.39 is 48.0 Å². The summed E-state index contributed by atoms with van der Waals surface area (Å²) < 4.78 is 0. The lowest BCUT2D eigenvalue weighted by molar-refractivity contribution is -0.146. The van der Waals surface area contributed by atoms with E-state index in [0.717, 1.165) is 0 Å². The number of nitrogens with one attached hydrogen (secondary N) is 4. The molecule has 188 valence electrons. The Bertz CT molecular complexity index is 658. The van der Waals surface area contributed by atoms with Gasteiger partial charge < -0.3 is 25.5 Å². The number of carboxylic acid groups (broad SMARTS) is 5. The Morgan fingerprint density at radius 1 is 0.606 bits per heavy atom. The van der Waals surface area contributed by atoms with Gasteiger partial charge in [0.15, 0.2) is 0 Å². The average Bonchev–Trinajstić information content (AvgIpc) is 2.71. The predicted octanol–water partition coefficient (Wildman–Crippen LogP) is -0.131. The highest BCUT2D eigenvalue weighted by atomic mass is 16.4. The number of nitrogens with zero attached hydrogens (tertiary/aromatic N) is 2. The lowest BCUT2D eigenvalue weighted by atomic mass is 9.89. The van der Waals surface area contributed by atoms with Gasteiger partial charge in [0, 0.05) is 6.54 Å². The van der Waals surface area contributed by atoms with Crippen LogP contribution in [0.15, 0.2) is 0 Å². The van der Waals surface area contributed by atoms with Gasteiger partial charge in [-0.2, -0.15) is 0 Å². The second-order valence-electron chi connectivity index (χ2n) is 7.50. The Balaban J connectivity index is 3.00. The van der Waals surface area contributed by atoms with Crippen LogP contribution in [0, 0.1) is 11.8 Å². The molecule has 0 aromatic carbocycles. The highest BCUT2D eigenvalue weighted by molar-refractivity contribution is 5.74. The minimum Gasteiger partial charge on any atom is -0.481 e. The summed E-state index contributed by atoms with van der Waals surface area (Å²) in [7, 11) is 0. The van der Waals surface area contributed by atoms with Gasteiger partial charge in [0.25, 0.3) is 0 Å². The standard InChI is InChI=1S/C17H30N6O10/c24-13(25)10-4-2-1-3-9-22(16(30)31)20-21-23(17(32)33)19-18-12(15(28)29)8-7-11(6-5-10)14(26)27/h10-12,18-21H,1-9H2,(H,24,25)(H,26,27)(H,28,29)(H,30,31)(H,32,33). The molecule has 1 aliphatic rings. The van der Waals surface area contributed by atoms with Gasteiger partial charge in [-0.25, -0.2) is 20.0 Å². The summed E-state index contributed by atoms with van der Waals surface area (Å²) in [4.78, 5) is 57.3. The van der Waals surface area contributed by atoms with Gasteiger partial charge in [-0.15, -0.1) is 21.7 Å². The van der Waals surface area contributed by atoms with Crippen molar-refractivity contribution in [3.05, 3.63) is 0 Å². The first-order valence-electron chi connectivity index (χ1n) is 10.3. The molecule has 33 heavy (non-hydrogen) atoms. The fourth-order valence-electron chi connectivity index (χ4n) is 3.22. The summed E-state index contributed by atoms with van der Waals surface area (Å²) in [6.45, 7) is -0.0558. The highest BCUT2D eigenvalue weighted by Crippen LogP contribution is 2.23. The van der Waals surface area contributed by atoms with E-state index in [4.69, 9.17) is 0 Å². The first kappa shape index (κ1) is 27.8. The Hall–Kier alpha value is -3.21. The van der Waals surface area contributed by atoms with Crippen molar-refractivity contribution >= 4 is 30.1 Å². The minimum atomic E-state index is -1.64. The number of aliphatic carboxylic acids is 3. The molecule has 3 atom stereocenters. The first-order chi connectivity index (χ1) is 15.5. The van der Waals surface area contributed by atoms with Gasteiger partial charge in [-0.05, 0) is 38.5 Å². The third kappa shape index (κ3) is 10.3. The zero-order valence-electron chi connectivity index (χ0n) is 17.8.